The van der Waals surface area contributed by atoms with Crippen LogP contribution in [0.5, 0.6) is 0 Å². The maximum absolute atomic E-state index is 12.7. The first kappa shape index (κ1) is 18.1. The molecule has 0 fully saturated rings. The highest BCUT2D eigenvalue weighted by molar-refractivity contribution is 7.13. The van der Waals surface area contributed by atoms with Crippen LogP contribution in [0.25, 0.3) is 10.7 Å². The van der Waals surface area contributed by atoms with Crippen LogP contribution >= 0.6 is 11.3 Å². The minimum atomic E-state index is -0.317. The van der Waals surface area contributed by atoms with E-state index in [0.717, 1.165) is 27.8 Å². The molecule has 0 aliphatic carbocycles. The third-order valence-electron chi connectivity index (χ3n) is 4.33. The molecule has 0 bridgehead atoms. The van der Waals surface area contributed by atoms with Gasteiger partial charge >= 0.3 is 0 Å². The molecule has 1 atom stereocenters. The van der Waals surface area contributed by atoms with Gasteiger partial charge in [-0.05, 0) is 17.7 Å². The number of thiazole rings is 1. The van der Waals surface area contributed by atoms with E-state index in [2.05, 4.69) is 20.3 Å². The monoisotopic (exact) mass is 389 g/mol. The predicted octanol–water partition coefficient (Wildman–Crippen LogP) is 3.39. The number of imidazole rings is 1. The number of aryl methyl sites for hydroxylation is 1. The van der Waals surface area contributed by atoms with E-state index in [4.69, 9.17) is 0 Å². The van der Waals surface area contributed by atoms with Crippen LogP contribution in [-0.2, 0) is 18.3 Å². The third kappa shape index (κ3) is 3.99. The van der Waals surface area contributed by atoms with Crippen molar-refractivity contribution in [2.45, 2.75) is 12.5 Å². The first-order chi connectivity index (χ1) is 13.7. The Morgan fingerprint density at radius 1 is 1.11 bits per heavy atom. The molecule has 6 nitrogen and oxygen atoms in total. The van der Waals surface area contributed by atoms with Crippen molar-refractivity contribution in [1.29, 1.82) is 0 Å². The van der Waals surface area contributed by atoms with Gasteiger partial charge in [0.05, 0.1) is 17.8 Å². The summed E-state index contributed by atoms with van der Waals surface area (Å²) in [6, 6.07) is 15.2. The Balaban J connectivity index is 1.51. The van der Waals surface area contributed by atoms with Crippen LogP contribution in [0, 0.1) is 0 Å². The predicted molar refractivity (Wildman–Crippen MR) is 109 cm³/mol. The summed E-state index contributed by atoms with van der Waals surface area (Å²) in [4.78, 5) is 26.0. The van der Waals surface area contributed by atoms with Crippen molar-refractivity contribution >= 4 is 17.2 Å². The number of hydrogen-bond acceptors (Lipinski definition) is 5. The summed E-state index contributed by atoms with van der Waals surface area (Å²) in [5, 5.41) is 5.82. The van der Waals surface area contributed by atoms with Gasteiger partial charge in [-0.3, -0.25) is 9.78 Å². The largest absolute Gasteiger partial charge is 0.342 e. The fourth-order valence-corrected chi connectivity index (χ4v) is 3.76. The van der Waals surface area contributed by atoms with Crippen molar-refractivity contribution in [3.8, 4) is 10.7 Å². The number of nitrogens with one attached hydrogen (secondary N) is 1. The highest BCUT2D eigenvalue weighted by Crippen LogP contribution is 2.23. The maximum atomic E-state index is 12.7. The molecule has 28 heavy (non-hydrogen) atoms. The Bertz CT molecular complexity index is 1060. The number of amides is 1. The van der Waals surface area contributed by atoms with E-state index in [-0.39, 0.29) is 18.4 Å². The van der Waals surface area contributed by atoms with Crippen LogP contribution in [0.4, 0.5) is 0 Å². The zero-order valence-electron chi connectivity index (χ0n) is 15.3. The number of rotatable bonds is 6. The fourth-order valence-electron chi connectivity index (χ4n) is 2.97. The number of aromatic nitrogens is 4. The van der Waals surface area contributed by atoms with Gasteiger partial charge in [-0.25, -0.2) is 9.97 Å². The standard InChI is InChI=1S/C21H19N5OS/c1-26-12-11-23-20(26)19(15-7-3-2-4-8-15)25-18(27)13-16-14-28-21(24-16)17-9-5-6-10-22-17/h2-12,14,19H,13H2,1H3,(H,25,27). The fraction of sp³-hybridized carbons (Fsp3) is 0.143. The number of carbonyl (C=O) groups excluding carboxylic acids is 1. The van der Waals surface area contributed by atoms with Gasteiger partial charge in [-0.2, -0.15) is 0 Å². The van der Waals surface area contributed by atoms with Crippen molar-refractivity contribution in [2.75, 3.05) is 0 Å². The number of hydrogen-bond donors (Lipinski definition) is 1. The lowest BCUT2D eigenvalue weighted by molar-refractivity contribution is -0.121. The molecule has 0 spiro atoms. The zero-order chi connectivity index (χ0) is 19.3. The molecule has 0 radical (unpaired) electrons. The number of pyridine rings is 1. The first-order valence-corrected chi connectivity index (χ1v) is 9.76. The summed E-state index contributed by atoms with van der Waals surface area (Å²) in [5.74, 6) is 0.682. The smallest absolute Gasteiger partial charge is 0.226 e. The second kappa shape index (κ2) is 8.14. The molecule has 0 aliphatic rings. The SMILES string of the molecule is Cn1ccnc1C(NC(=O)Cc1csc(-c2ccccn2)n1)c1ccccc1. The van der Waals surface area contributed by atoms with Gasteiger partial charge in [0, 0.05) is 31.0 Å². The van der Waals surface area contributed by atoms with Gasteiger partial charge in [-0.15, -0.1) is 11.3 Å². The molecule has 3 heterocycles. The summed E-state index contributed by atoms with van der Waals surface area (Å²) < 4.78 is 1.92. The Labute approximate surface area is 166 Å². The van der Waals surface area contributed by atoms with Crippen LogP contribution in [0.1, 0.15) is 23.1 Å². The molecule has 0 saturated heterocycles. The molecule has 7 heteroatoms. The van der Waals surface area contributed by atoms with Crippen molar-refractivity contribution in [3.63, 3.8) is 0 Å². The van der Waals surface area contributed by atoms with E-state index in [9.17, 15) is 4.79 Å². The number of benzene rings is 1. The zero-order valence-corrected chi connectivity index (χ0v) is 16.1. The lowest BCUT2D eigenvalue weighted by Gasteiger charge is -2.19. The van der Waals surface area contributed by atoms with E-state index in [1.165, 1.54) is 11.3 Å². The van der Waals surface area contributed by atoms with E-state index in [1.807, 2.05) is 71.7 Å². The highest BCUT2D eigenvalue weighted by atomic mass is 32.1. The van der Waals surface area contributed by atoms with Crippen molar-refractivity contribution in [3.05, 3.63) is 89.6 Å². The van der Waals surface area contributed by atoms with Crippen molar-refractivity contribution < 1.29 is 4.79 Å². The molecule has 4 aromatic rings. The van der Waals surface area contributed by atoms with Gasteiger partial charge in [0.15, 0.2) is 0 Å². The van der Waals surface area contributed by atoms with E-state index >= 15 is 0 Å². The summed E-state index contributed by atoms with van der Waals surface area (Å²) in [7, 11) is 1.92. The van der Waals surface area contributed by atoms with E-state index < -0.39 is 0 Å². The number of nitrogens with zero attached hydrogens (tertiary/aromatic N) is 4. The molecule has 0 aliphatic heterocycles. The minimum absolute atomic E-state index is 0.102. The lowest BCUT2D eigenvalue weighted by atomic mass is 10.1. The summed E-state index contributed by atoms with van der Waals surface area (Å²) >= 11 is 1.49. The topological polar surface area (TPSA) is 72.7 Å². The molecule has 140 valence electrons. The molecule has 0 saturated carbocycles. The number of carbonyl (C=O) groups is 1. The van der Waals surface area contributed by atoms with Crippen LogP contribution in [0.3, 0.4) is 0 Å². The van der Waals surface area contributed by atoms with Gasteiger partial charge < -0.3 is 9.88 Å². The Hall–Kier alpha value is -3.32. The Morgan fingerprint density at radius 2 is 1.93 bits per heavy atom. The Morgan fingerprint density at radius 3 is 2.64 bits per heavy atom. The minimum Gasteiger partial charge on any atom is -0.342 e. The molecular weight excluding hydrogens is 370 g/mol. The maximum Gasteiger partial charge on any atom is 0.226 e. The molecule has 1 aromatic carbocycles. The van der Waals surface area contributed by atoms with Crippen LogP contribution < -0.4 is 5.32 Å². The van der Waals surface area contributed by atoms with Crippen molar-refractivity contribution in [1.82, 2.24) is 24.8 Å². The lowest BCUT2D eigenvalue weighted by Crippen LogP contribution is -2.32. The average molecular weight is 389 g/mol. The molecule has 1 amide bonds. The summed E-state index contributed by atoms with van der Waals surface area (Å²) in [6.45, 7) is 0. The van der Waals surface area contributed by atoms with E-state index in [0.29, 0.717) is 0 Å². The van der Waals surface area contributed by atoms with Crippen molar-refractivity contribution in [2.24, 2.45) is 7.05 Å². The van der Waals surface area contributed by atoms with Gasteiger partial charge in [0.1, 0.15) is 16.9 Å². The Kier molecular flexibility index (Phi) is 5.25. The van der Waals surface area contributed by atoms with Gasteiger partial charge in [0.25, 0.3) is 0 Å². The molecule has 1 N–H and O–H groups in total. The molecular formula is C21H19N5OS. The summed E-state index contributed by atoms with van der Waals surface area (Å²) in [5.41, 5.74) is 2.53. The second-order valence-corrected chi connectivity index (χ2v) is 7.20. The first-order valence-electron chi connectivity index (χ1n) is 8.88. The molecule has 4 rings (SSSR count). The average Bonchev–Trinajstić information content (AvgIpc) is 3.36. The molecule has 1 unspecified atom stereocenters. The normalized spacial score (nSPS) is 11.9. The second-order valence-electron chi connectivity index (χ2n) is 6.34. The highest BCUT2D eigenvalue weighted by Gasteiger charge is 2.21. The van der Waals surface area contributed by atoms with Crippen LogP contribution in [0.2, 0.25) is 0 Å². The summed E-state index contributed by atoms with van der Waals surface area (Å²) in [6.07, 6.45) is 5.55. The quantitative estimate of drug-likeness (QED) is 0.549. The van der Waals surface area contributed by atoms with E-state index in [1.54, 1.807) is 12.4 Å². The third-order valence-corrected chi connectivity index (χ3v) is 5.25. The van der Waals surface area contributed by atoms with Crippen LogP contribution in [0.15, 0.2) is 72.5 Å². The van der Waals surface area contributed by atoms with Gasteiger partial charge in [-0.1, -0.05) is 36.4 Å². The molecule has 3 aromatic heterocycles. The van der Waals surface area contributed by atoms with Crippen LogP contribution in [-0.4, -0.2) is 25.4 Å². The van der Waals surface area contributed by atoms with Gasteiger partial charge in [0.2, 0.25) is 5.91 Å².